The molecule has 3 fully saturated rings. The van der Waals surface area contributed by atoms with Crippen molar-refractivity contribution in [2.24, 2.45) is 22.7 Å². The van der Waals surface area contributed by atoms with Crippen molar-refractivity contribution in [3.8, 4) is 0 Å². The molecule has 2 saturated carbocycles. The first-order valence-electron chi connectivity index (χ1n) is 8.55. The van der Waals surface area contributed by atoms with Gasteiger partial charge >= 0.3 is 6.03 Å². The number of nitrogens with zero attached hydrogens (tertiary/aromatic N) is 1. The second-order valence-corrected chi connectivity index (χ2v) is 8.25. The molecule has 0 aromatic heterocycles. The van der Waals surface area contributed by atoms with E-state index in [0.717, 1.165) is 31.7 Å². The minimum absolute atomic E-state index is 0.0859. The lowest BCUT2D eigenvalue weighted by Crippen LogP contribution is -2.53. The molecule has 3 aliphatic rings. The van der Waals surface area contributed by atoms with Gasteiger partial charge in [-0.2, -0.15) is 0 Å². The average molecular weight is 294 g/mol. The van der Waals surface area contributed by atoms with Crippen molar-refractivity contribution < 1.29 is 9.90 Å². The highest BCUT2D eigenvalue weighted by Crippen LogP contribution is 2.65. The molecule has 2 N–H and O–H groups in total. The molecule has 4 nitrogen and oxygen atoms in total. The number of carbonyl (C=O) groups is 1. The third-order valence-electron chi connectivity index (χ3n) is 7.16. The summed E-state index contributed by atoms with van der Waals surface area (Å²) in [6, 6.07) is 0.399. The molecule has 4 unspecified atom stereocenters. The number of nitrogens with one attached hydrogen (secondary N) is 1. The van der Waals surface area contributed by atoms with E-state index in [0.29, 0.717) is 18.0 Å². The Hall–Kier alpha value is -0.770. The van der Waals surface area contributed by atoms with Crippen molar-refractivity contribution in [2.45, 2.75) is 58.9 Å². The highest BCUT2D eigenvalue weighted by atomic mass is 16.3. The summed E-state index contributed by atoms with van der Waals surface area (Å²) in [6.07, 6.45) is 5.72. The van der Waals surface area contributed by atoms with Crippen LogP contribution in [0.4, 0.5) is 4.79 Å². The number of hydrogen-bond acceptors (Lipinski definition) is 2. The predicted octanol–water partition coefficient (Wildman–Crippen LogP) is 2.62. The number of rotatable bonds is 2. The van der Waals surface area contributed by atoms with Crippen LogP contribution in [-0.4, -0.2) is 41.8 Å². The Balaban J connectivity index is 1.64. The Kier molecular flexibility index (Phi) is 3.71. The van der Waals surface area contributed by atoms with Gasteiger partial charge in [-0.25, -0.2) is 4.79 Å². The molecule has 0 aromatic carbocycles. The second kappa shape index (κ2) is 5.15. The fourth-order valence-corrected chi connectivity index (χ4v) is 5.06. The summed E-state index contributed by atoms with van der Waals surface area (Å²) >= 11 is 0. The highest BCUT2D eigenvalue weighted by molar-refractivity contribution is 5.75. The summed E-state index contributed by atoms with van der Waals surface area (Å²) in [5, 5.41) is 12.6. The molecular weight excluding hydrogens is 264 g/mol. The van der Waals surface area contributed by atoms with Crippen LogP contribution in [0.25, 0.3) is 0 Å². The van der Waals surface area contributed by atoms with Crippen LogP contribution >= 0.6 is 0 Å². The summed E-state index contributed by atoms with van der Waals surface area (Å²) in [5.74, 6) is 1.01. The maximum atomic E-state index is 12.6. The number of aliphatic hydroxyl groups excluding tert-OH is 1. The Morgan fingerprint density at radius 2 is 2.10 bits per heavy atom. The molecule has 3 rings (SSSR count). The van der Waals surface area contributed by atoms with E-state index in [2.05, 4.69) is 26.1 Å². The summed E-state index contributed by atoms with van der Waals surface area (Å²) < 4.78 is 0. The Morgan fingerprint density at radius 3 is 2.67 bits per heavy atom. The van der Waals surface area contributed by atoms with E-state index in [1.54, 1.807) is 0 Å². The average Bonchev–Trinajstić information content (AvgIpc) is 2.80. The lowest BCUT2D eigenvalue weighted by molar-refractivity contribution is 0.105. The van der Waals surface area contributed by atoms with Crippen molar-refractivity contribution in [2.75, 3.05) is 19.7 Å². The van der Waals surface area contributed by atoms with E-state index in [4.69, 9.17) is 0 Å². The van der Waals surface area contributed by atoms with Gasteiger partial charge in [0.2, 0.25) is 0 Å². The van der Waals surface area contributed by atoms with Gasteiger partial charge in [-0.1, -0.05) is 20.8 Å². The minimum Gasteiger partial charge on any atom is -0.396 e. The number of amides is 2. The van der Waals surface area contributed by atoms with E-state index in [-0.39, 0.29) is 24.0 Å². The third-order valence-corrected chi connectivity index (χ3v) is 7.16. The van der Waals surface area contributed by atoms with Crippen LogP contribution in [0.5, 0.6) is 0 Å². The molecule has 0 radical (unpaired) electrons. The number of piperidine rings is 1. The summed E-state index contributed by atoms with van der Waals surface area (Å²) in [6.45, 7) is 8.84. The SMILES string of the molecule is CC1(C)C2CCC1(C)C(NC(=O)N1CCCC(CO)C1)C2. The van der Waals surface area contributed by atoms with Crippen molar-refractivity contribution >= 4 is 6.03 Å². The van der Waals surface area contributed by atoms with Crippen molar-refractivity contribution in [3.05, 3.63) is 0 Å². The molecule has 0 aromatic rings. The normalized spacial score (nSPS) is 41.3. The molecular formula is C17H30N2O2. The molecule has 120 valence electrons. The van der Waals surface area contributed by atoms with Gasteiger partial charge in [0, 0.05) is 25.7 Å². The van der Waals surface area contributed by atoms with Gasteiger partial charge in [0.1, 0.15) is 0 Å². The number of carbonyl (C=O) groups excluding carboxylic acids is 1. The van der Waals surface area contributed by atoms with Crippen LogP contribution < -0.4 is 5.32 Å². The maximum absolute atomic E-state index is 12.6. The van der Waals surface area contributed by atoms with E-state index >= 15 is 0 Å². The first kappa shape index (κ1) is 15.1. The highest BCUT2D eigenvalue weighted by Gasteiger charge is 2.61. The Morgan fingerprint density at radius 1 is 1.33 bits per heavy atom. The lowest BCUT2D eigenvalue weighted by Gasteiger charge is -2.41. The van der Waals surface area contributed by atoms with Crippen LogP contribution in [0.3, 0.4) is 0 Å². The number of urea groups is 1. The number of likely N-dealkylation sites (tertiary alicyclic amines) is 1. The van der Waals surface area contributed by atoms with Gasteiger partial charge in [0.05, 0.1) is 0 Å². The molecule has 0 spiro atoms. The van der Waals surface area contributed by atoms with E-state index in [1.165, 1.54) is 12.8 Å². The van der Waals surface area contributed by atoms with Gasteiger partial charge in [-0.15, -0.1) is 0 Å². The minimum atomic E-state index is 0.0859. The summed E-state index contributed by atoms with van der Waals surface area (Å²) in [5.41, 5.74) is 0.569. The molecule has 2 aliphatic carbocycles. The van der Waals surface area contributed by atoms with Gasteiger partial charge in [-0.05, 0) is 54.8 Å². The molecule has 1 aliphatic heterocycles. The van der Waals surface area contributed by atoms with Crippen LogP contribution in [0.1, 0.15) is 52.9 Å². The summed E-state index contributed by atoms with van der Waals surface area (Å²) in [7, 11) is 0. The van der Waals surface area contributed by atoms with E-state index in [1.807, 2.05) is 4.90 Å². The largest absolute Gasteiger partial charge is 0.396 e. The van der Waals surface area contributed by atoms with E-state index < -0.39 is 0 Å². The van der Waals surface area contributed by atoms with Gasteiger partial charge < -0.3 is 15.3 Å². The zero-order valence-corrected chi connectivity index (χ0v) is 13.7. The standard InChI is InChI=1S/C17H30N2O2/c1-16(2)13-6-7-17(16,3)14(9-13)18-15(21)19-8-4-5-12(10-19)11-20/h12-14,20H,4-11H2,1-3H3,(H,18,21). The first-order valence-corrected chi connectivity index (χ1v) is 8.55. The number of fused-ring (bicyclic) bond motifs is 2. The van der Waals surface area contributed by atoms with Crippen LogP contribution in [0.2, 0.25) is 0 Å². The van der Waals surface area contributed by atoms with Gasteiger partial charge in [-0.3, -0.25) is 0 Å². The zero-order valence-electron chi connectivity index (χ0n) is 13.7. The van der Waals surface area contributed by atoms with Crippen LogP contribution in [0, 0.1) is 22.7 Å². The number of aliphatic hydroxyl groups is 1. The van der Waals surface area contributed by atoms with E-state index in [9.17, 15) is 9.90 Å². The number of hydrogen-bond donors (Lipinski definition) is 2. The molecule has 21 heavy (non-hydrogen) atoms. The Labute approximate surface area is 128 Å². The molecule has 1 saturated heterocycles. The quantitative estimate of drug-likeness (QED) is 0.822. The fourth-order valence-electron chi connectivity index (χ4n) is 5.06. The first-order chi connectivity index (χ1) is 9.88. The van der Waals surface area contributed by atoms with Crippen LogP contribution in [0.15, 0.2) is 0 Å². The molecule has 4 heteroatoms. The van der Waals surface area contributed by atoms with Crippen molar-refractivity contribution in [1.82, 2.24) is 10.2 Å². The smallest absolute Gasteiger partial charge is 0.317 e. The topological polar surface area (TPSA) is 52.6 Å². The van der Waals surface area contributed by atoms with Crippen LogP contribution in [-0.2, 0) is 0 Å². The Bertz CT molecular complexity index is 423. The van der Waals surface area contributed by atoms with Gasteiger partial charge in [0.15, 0.2) is 0 Å². The summed E-state index contributed by atoms with van der Waals surface area (Å²) in [4.78, 5) is 14.5. The second-order valence-electron chi connectivity index (χ2n) is 8.25. The van der Waals surface area contributed by atoms with Gasteiger partial charge in [0.25, 0.3) is 0 Å². The predicted molar refractivity (Wildman–Crippen MR) is 82.9 cm³/mol. The third kappa shape index (κ3) is 2.26. The van der Waals surface area contributed by atoms with Crippen molar-refractivity contribution in [1.29, 1.82) is 0 Å². The molecule has 1 heterocycles. The monoisotopic (exact) mass is 294 g/mol. The lowest BCUT2D eigenvalue weighted by atomic mass is 9.69. The molecule has 4 atom stereocenters. The molecule has 2 bridgehead atoms. The maximum Gasteiger partial charge on any atom is 0.317 e. The molecule has 2 amide bonds. The van der Waals surface area contributed by atoms with Crippen molar-refractivity contribution in [3.63, 3.8) is 0 Å². The fraction of sp³-hybridized carbons (Fsp3) is 0.941. The zero-order chi connectivity index (χ0) is 15.3.